The molecule has 2 aromatic heterocycles. The zero-order chi connectivity index (χ0) is 20.2. The van der Waals surface area contributed by atoms with Crippen molar-refractivity contribution in [1.29, 1.82) is 5.26 Å². The molecule has 0 fully saturated rings. The smallest absolute Gasteiger partial charge is 0.329 e. The maximum atomic E-state index is 13.0. The van der Waals surface area contributed by atoms with Gasteiger partial charge < -0.3 is 4.57 Å². The summed E-state index contributed by atoms with van der Waals surface area (Å²) in [6.07, 6.45) is -1.91. The number of alkyl halides is 3. The van der Waals surface area contributed by atoms with Crippen LogP contribution in [0.5, 0.6) is 0 Å². The molecule has 0 aliphatic carbocycles. The molecule has 0 aromatic carbocycles. The first-order valence-electron chi connectivity index (χ1n) is 8.00. The van der Waals surface area contributed by atoms with Gasteiger partial charge >= 0.3 is 6.18 Å². The molecule has 2 rings (SSSR count). The zero-order valence-corrected chi connectivity index (χ0v) is 15.9. The molecule has 0 saturated carbocycles. The van der Waals surface area contributed by atoms with Crippen LogP contribution in [0, 0.1) is 18.3 Å². The van der Waals surface area contributed by atoms with Crippen molar-refractivity contribution in [2.45, 2.75) is 31.3 Å². The van der Waals surface area contributed by atoms with E-state index in [9.17, 15) is 13.2 Å². The van der Waals surface area contributed by atoms with Crippen LogP contribution in [0.3, 0.4) is 0 Å². The topological polar surface area (TPSA) is 66.9 Å². The van der Waals surface area contributed by atoms with Crippen LogP contribution in [0.25, 0.3) is 17.6 Å². The molecule has 0 unspecified atom stereocenters. The molecule has 0 amide bonds. The number of hydrogen-bond acceptors (Lipinski definition) is 5. The summed E-state index contributed by atoms with van der Waals surface area (Å²) in [5.74, 6) is 1.23. The van der Waals surface area contributed by atoms with Crippen molar-refractivity contribution in [3.05, 3.63) is 34.9 Å². The first-order valence-corrected chi connectivity index (χ1v) is 8.99. The number of nitrogens with zero attached hydrogens (tertiary/aromatic N) is 5. The Hall–Kier alpha value is -2.60. The highest BCUT2D eigenvalue weighted by Gasteiger charge is 2.33. The third-order valence-electron chi connectivity index (χ3n) is 3.86. The number of pyridine rings is 1. The molecule has 142 valence electrons. The van der Waals surface area contributed by atoms with E-state index >= 15 is 0 Å². The van der Waals surface area contributed by atoms with Gasteiger partial charge in [0.25, 0.3) is 0 Å². The van der Waals surface area contributed by atoms with Gasteiger partial charge in [-0.3, -0.25) is 9.98 Å². The second-order valence-corrected chi connectivity index (χ2v) is 6.91. The number of nitriles is 1. The van der Waals surface area contributed by atoms with E-state index in [1.807, 2.05) is 13.0 Å². The van der Waals surface area contributed by atoms with Gasteiger partial charge in [-0.25, -0.2) is 4.98 Å². The van der Waals surface area contributed by atoms with Gasteiger partial charge in [0.2, 0.25) is 0 Å². The van der Waals surface area contributed by atoms with E-state index in [4.69, 9.17) is 5.26 Å². The van der Waals surface area contributed by atoms with Crippen molar-refractivity contribution in [3.63, 3.8) is 0 Å². The Kier molecular flexibility index (Phi) is 6.44. The molecule has 0 aliphatic rings. The van der Waals surface area contributed by atoms with Crippen molar-refractivity contribution in [1.82, 2.24) is 14.5 Å². The Balaban J connectivity index is 2.60. The van der Waals surface area contributed by atoms with Crippen molar-refractivity contribution >= 4 is 24.6 Å². The molecule has 0 atom stereocenters. The lowest BCUT2D eigenvalue weighted by atomic mass is 10.2. The van der Waals surface area contributed by atoms with Gasteiger partial charge in [-0.2, -0.15) is 18.4 Å². The number of thioether (sulfide) groups is 1. The molecular formula is C18H18F3N5S. The minimum absolute atomic E-state index is 0.155. The first-order chi connectivity index (χ1) is 12.7. The molecule has 0 radical (unpaired) electrons. The molecule has 0 aliphatic heterocycles. The molecule has 2 heterocycles. The summed E-state index contributed by atoms with van der Waals surface area (Å²) in [6, 6.07) is 3.95. The van der Waals surface area contributed by atoms with E-state index in [0.717, 1.165) is 22.3 Å². The second kappa shape index (κ2) is 8.39. The SMILES string of the molecule is C=N/C(=C\c1nc(-c2ncc(CC#N)cc2SCC)n(C)c1C)C(F)(F)F. The fourth-order valence-corrected chi connectivity index (χ4v) is 3.23. The maximum absolute atomic E-state index is 13.0. The highest BCUT2D eigenvalue weighted by molar-refractivity contribution is 7.99. The monoisotopic (exact) mass is 393 g/mol. The summed E-state index contributed by atoms with van der Waals surface area (Å²) in [4.78, 5) is 12.7. The zero-order valence-electron chi connectivity index (χ0n) is 15.1. The number of hydrogen-bond donors (Lipinski definition) is 0. The minimum Gasteiger partial charge on any atom is -0.329 e. The molecule has 27 heavy (non-hydrogen) atoms. The number of allylic oxidation sites excluding steroid dienone is 1. The first kappa shape index (κ1) is 20.7. The quantitative estimate of drug-likeness (QED) is 0.532. The molecular weight excluding hydrogens is 375 g/mol. The summed E-state index contributed by atoms with van der Waals surface area (Å²) < 4.78 is 40.6. The molecule has 9 heteroatoms. The average Bonchev–Trinajstić information content (AvgIpc) is 2.88. The van der Waals surface area contributed by atoms with Gasteiger partial charge in [0.1, 0.15) is 11.4 Å². The second-order valence-electron chi connectivity index (χ2n) is 5.61. The predicted molar refractivity (Wildman–Crippen MR) is 100 cm³/mol. The number of halogens is 3. The third kappa shape index (κ3) is 4.57. The van der Waals surface area contributed by atoms with Gasteiger partial charge in [-0.15, -0.1) is 11.8 Å². The van der Waals surface area contributed by atoms with Crippen LogP contribution in [-0.2, 0) is 13.5 Å². The van der Waals surface area contributed by atoms with Crippen LogP contribution in [0.4, 0.5) is 13.2 Å². The van der Waals surface area contributed by atoms with E-state index in [0.29, 0.717) is 17.2 Å². The Morgan fingerprint density at radius 1 is 1.48 bits per heavy atom. The fourth-order valence-electron chi connectivity index (χ4n) is 2.40. The van der Waals surface area contributed by atoms with E-state index < -0.39 is 11.9 Å². The van der Waals surface area contributed by atoms with Crippen molar-refractivity contribution in [2.75, 3.05) is 5.75 Å². The highest BCUT2D eigenvalue weighted by Crippen LogP contribution is 2.33. The Morgan fingerprint density at radius 2 is 2.19 bits per heavy atom. The van der Waals surface area contributed by atoms with Gasteiger partial charge in [0.05, 0.1) is 18.2 Å². The van der Waals surface area contributed by atoms with Crippen molar-refractivity contribution in [3.8, 4) is 17.6 Å². The van der Waals surface area contributed by atoms with Gasteiger partial charge in [-0.05, 0) is 37.1 Å². The van der Waals surface area contributed by atoms with Crippen LogP contribution in [0.2, 0.25) is 0 Å². The summed E-state index contributed by atoms with van der Waals surface area (Å²) in [5.41, 5.74) is 0.941. The lowest BCUT2D eigenvalue weighted by molar-refractivity contribution is -0.0912. The third-order valence-corrected chi connectivity index (χ3v) is 4.77. The lowest BCUT2D eigenvalue weighted by Crippen LogP contribution is -2.09. The van der Waals surface area contributed by atoms with E-state index in [1.54, 1.807) is 24.7 Å². The number of aromatic nitrogens is 3. The largest absolute Gasteiger partial charge is 0.433 e. The Bertz CT molecular complexity index is 922. The maximum Gasteiger partial charge on any atom is 0.433 e. The number of aliphatic imine (C=N–C) groups is 1. The van der Waals surface area contributed by atoms with Crippen LogP contribution in [0.15, 0.2) is 27.8 Å². The van der Waals surface area contributed by atoms with Gasteiger partial charge in [0, 0.05) is 23.8 Å². The summed E-state index contributed by atoms with van der Waals surface area (Å²) >= 11 is 1.53. The van der Waals surface area contributed by atoms with Crippen LogP contribution >= 0.6 is 11.8 Å². The minimum atomic E-state index is -4.60. The average molecular weight is 393 g/mol. The van der Waals surface area contributed by atoms with Crippen molar-refractivity contribution in [2.24, 2.45) is 12.0 Å². The van der Waals surface area contributed by atoms with Crippen LogP contribution in [-0.4, -0.2) is 33.2 Å². The van der Waals surface area contributed by atoms with Gasteiger partial charge in [-0.1, -0.05) is 6.92 Å². The van der Waals surface area contributed by atoms with E-state index in [2.05, 4.69) is 27.7 Å². The van der Waals surface area contributed by atoms with E-state index in [-0.39, 0.29) is 12.1 Å². The van der Waals surface area contributed by atoms with Crippen LogP contribution < -0.4 is 0 Å². The number of imidazole rings is 1. The molecule has 5 nitrogen and oxygen atoms in total. The fraction of sp³-hybridized carbons (Fsp3) is 0.333. The van der Waals surface area contributed by atoms with Crippen LogP contribution in [0.1, 0.15) is 23.9 Å². The van der Waals surface area contributed by atoms with Gasteiger partial charge in [0.15, 0.2) is 5.82 Å². The Labute approximate surface area is 159 Å². The Morgan fingerprint density at radius 3 is 2.74 bits per heavy atom. The lowest BCUT2D eigenvalue weighted by Gasteiger charge is -2.09. The molecule has 0 bridgehead atoms. The normalized spacial score (nSPS) is 12.1. The predicted octanol–water partition coefficient (Wildman–Crippen LogP) is 4.57. The van der Waals surface area contributed by atoms with Crippen molar-refractivity contribution < 1.29 is 13.2 Å². The summed E-state index contributed by atoms with van der Waals surface area (Å²) in [7, 11) is 1.72. The standard InChI is InChI=1S/C18H18F3N5S/c1-5-27-14-8-12(6-7-22)10-24-16(14)17-25-13(11(2)26(17)4)9-15(23-3)18(19,20)21/h8-10H,3,5-6H2,1-2,4H3/b15-9-. The molecule has 0 spiro atoms. The highest BCUT2D eigenvalue weighted by atomic mass is 32.2. The number of rotatable bonds is 6. The molecule has 0 N–H and O–H groups in total. The van der Waals surface area contributed by atoms with E-state index in [1.165, 1.54) is 11.8 Å². The summed E-state index contributed by atoms with van der Waals surface area (Å²) in [6.45, 7) is 6.65. The molecule has 2 aromatic rings. The summed E-state index contributed by atoms with van der Waals surface area (Å²) in [5, 5.41) is 8.87. The molecule has 0 saturated heterocycles.